The van der Waals surface area contributed by atoms with Crippen LogP contribution < -0.4 is 0 Å². The van der Waals surface area contributed by atoms with Gasteiger partial charge in [-0.1, -0.05) is 30.3 Å². The molecule has 1 N–H and O–H groups in total. The fraction of sp³-hybridized carbons (Fsp3) is 0.0345. The average Bonchev–Trinajstić information content (AvgIpc) is 3.23. The summed E-state index contributed by atoms with van der Waals surface area (Å²) < 4.78 is 28.8. The first kappa shape index (κ1) is 20.2. The zero-order valence-electron chi connectivity index (χ0n) is 18.3. The van der Waals surface area contributed by atoms with E-state index >= 15 is 0 Å². The summed E-state index contributed by atoms with van der Waals surface area (Å²) in [7, 11) is 0. The number of halogens is 2. The van der Waals surface area contributed by atoms with Crippen molar-refractivity contribution in [2.75, 3.05) is 0 Å². The lowest BCUT2D eigenvalue weighted by molar-refractivity contribution is 0.628. The molecule has 0 aliphatic heterocycles. The van der Waals surface area contributed by atoms with E-state index in [9.17, 15) is 8.78 Å². The molecule has 0 saturated carbocycles. The Balaban J connectivity index is 1.51. The molecular weight excluding hydrogens is 428 g/mol. The molecule has 0 aliphatic rings. The van der Waals surface area contributed by atoms with Gasteiger partial charge in [0.05, 0.1) is 22.6 Å². The molecule has 3 aromatic heterocycles. The number of hydrogen-bond acceptors (Lipinski definition) is 2. The summed E-state index contributed by atoms with van der Waals surface area (Å²) in [5.74, 6) is -0.737. The number of nitrogens with zero attached hydrogens (tertiary/aromatic N) is 2. The molecule has 0 radical (unpaired) electrons. The highest BCUT2D eigenvalue weighted by Crippen LogP contribution is 2.36. The number of fused-ring (bicyclic) bond motifs is 3. The predicted octanol–water partition coefficient (Wildman–Crippen LogP) is 7.70. The summed E-state index contributed by atoms with van der Waals surface area (Å²) >= 11 is 0. The summed E-state index contributed by atoms with van der Waals surface area (Å²) in [4.78, 5) is 12.7. The Bertz CT molecular complexity index is 1690. The van der Waals surface area contributed by atoms with Crippen LogP contribution in [0.25, 0.3) is 55.6 Å². The third-order valence-electron chi connectivity index (χ3n) is 6.09. The summed E-state index contributed by atoms with van der Waals surface area (Å²) in [5, 5.41) is 1.30. The third kappa shape index (κ3) is 3.42. The predicted molar refractivity (Wildman–Crippen MR) is 132 cm³/mol. The van der Waals surface area contributed by atoms with Crippen LogP contribution in [0, 0.1) is 18.6 Å². The molecule has 5 heteroatoms. The molecule has 0 fully saturated rings. The van der Waals surface area contributed by atoms with Crippen molar-refractivity contribution < 1.29 is 8.78 Å². The number of aromatic amines is 1. The highest BCUT2D eigenvalue weighted by atomic mass is 19.1. The topological polar surface area (TPSA) is 41.6 Å². The van der Waals surface area contributed by atoms with Gasteiger partial charge in [0, 0.05) is 39.2 Å². The number of nitrogens with one attached hydrogen (secondary N) is 1. The second-order valence-electron chi connectivity index (χ2n) is 8.35. The Labute approximate surface area is 194 Å². The van der Waals surface area contributed by atoms with E-state index in [0.717, 1.165) is 39.1 Å². The van der Waals surface area contributed by atoms with Crippen LogP contribution in [0.15, 0.2) is 91.1 Å². The van der Waals surface area contributed by atoms with Gasteiger partial charge < -0.3 is 4.98 Å². The summed E-state index contributed by atoms with van der Waals surface area (Å²) in [5.41, 5.74) is 7.14. The van der Waals surface area contributed by atoms with Gasteiger partial charge in [-0.2, -0.15) is 0 Å². The summed E-state index contributed by atoms with van der Waals surface area (Å²) in [6, 6.07) is 25.4. The highest BCUT2D eigenvalue weighted by Gasteiger charge is 2.16. The number of hydrogen-bond donors (Lipinski definition) is 1. The molecular formula is C29H19F2N3. The molecule has 3 heterocycles. The molecule has 0 spiro atoms. The first-order chi connectivity index (χ1) is 16.6. The van der Waals surface area contributed by atoms with Crippen LogP contribution in [0.3, 0.4) is 0 Å². The SMILES string of the molecule is Cc1cc(F)cc2c1[nH]c1c(-c3cccc(-c4cccc(-c5ccccn5)c4)n3)cc(F)cc12. The van der Waals surface area contributed by atoms with Gasteiger partial charge >= 0.3 is 0 Å². The highest BCUT2D eigenvalue weighted by molar-refractivity contribution is 6.12. The van der Waals surface area contributed by atoms with Crippen LogP contribution in [0.2, 0.25) is 0 Å². The average molecular weight is 447 g/mol. The number of rotatable bonds is 3. The van der Waals surface area contributed by atoms with Crippen molar-refractivity contribution in [2.45, 2.75) is 6.92 Å². The minimum atomic E-state index is -0.394. The lowest BCUT2D eigenvalue weighted by Crippen LogP contribution is -1.91. The zero-order chi connectivity index (χ0) is 23.2. The second kappa shape index (κ2) is 7.89. The first-order valence-corrected chi connectivity index (χ1v) is 11.0. The molecule has 0 unspecified atom stereocenters. The van der Waals surface area contributed by atoms with E-state index < -0.39 is 5.82 Å². The maximum atomic E-state index is 14.7. The molecule has 3 nitrogen and oxygen atoms in total. The third-order valence-corrected chi connectivity index (χ3v) is 6.09. The smallest absolute Gasteiger partial charge is 0.124 e. The van der Waals surface area contributed by atoms with Gasteiger partial charge in [-0.15, -0.1) is 0 Å². The Morgan fingerprint density at radius 3 is 2.12 bits per heavy atom. The van der Waals surface area contributed by atoms with Crippen molar-refractivity contribution in [3.63, 3.8) is 0 Å². The minimum absolute atomic E-state index is 0.343. The lowest BCUT2D eigenvalue weighted by atomic mass is 10.0. The van der Waals surface area contributed by atoms with Crippen LogP contribution in [0.5, 0.6) is 0 Å². The standard InChI is InChI=1S/C29H19F2N3/c1-17-12-20(30)14-22-23-15-21(31)16-24(29(23)34-28(17)22)27-10-5-9-26(33-27)19-7-4-6-18(13-19)25-8-2-3-11-32-25/h2-16,34H,1H3. The van der Waals surface area contributed by atoms with Crippen LogP contribution in [0.1, 0.15) is 5.56 Å². The molecule has 0 atom stereocenters. The quantitative estimate of drug-likeness (QED) is 0.302. The minimum Gasteiger partial charge on any atom is -0.354 e. The first-order valence-electron chi connectivity index (χ1n) is 11.0. The Hall–Kier alpha value is -4.38. The number of H-pyrrole nitrogens is 1. The van der Waals surface area contributed by atoms with Crippen molar-refractivity contribution in [3.8, 4) is 33.8 Å². The van der Waals surface area contributed by atoms with Gasteiger partial charge in [-0.05, 0) is 67.1 Å². The number of aryl methyl sites for hydroxylation is 1. The zero-order valence-corrected chi connectivity index (χ0v) is 18.3. The molecule has 0 bridgehead atoms. The number of pyridine rings is 2. The maximum Gasteiger partial charge on any atom is 0.124 e. The maximum absolute atomic E-state index is 14.7. The molecule has 6 aromatic rings. The van der Waals surface area contributed by atoms with Crippen LogP contribution >= 0.6 is 0 Å². The van der Waals surface area contributed by atoms with Gasteiger partial charge in [0.2, 0.25) is 0 Å². The van der Waals surface area contributed by atoms with Crippen molar-refractivity contribution in [3.05, 3.63) is 108 Å². The lowest BCUT2D eigenvalue weighted by Gasteiger charge is -2.08. The molecule has 6 rings (SSSR count). The van der Waals surface area contributed by atoms with Gasteiger partial charge in [0.15, 0.2) is 0 Å². The van der Waals surface area contributed by atoms with Gasteiger partial charge in [-0.3, -0.25) is 4.98 Å². The Morgan fingerprint density at radius 2 is 1.32 bits per heavy atom. The molecule has 3 aromatic carbocycles. The number of aromatic nitrogens is 3. The van der Waals surface area contributed by atoms with E-state index in [0.29, 0.717) is 22.0 Å². The normalized spacial score (nSPS) is 11.4. The molecule has 0 aliphatic carbocycles. The molecule has 0 amide bonds. The van der Waals surface area contributed by atoms with Crippen LogP contribution in [-0.2, 0) is 0 Å². The van der Waals surface area contributed by atoms with E-state index in [4.69, 9.17) is 4.98 Å². The summed E-state index contributed by atoms with van der Waals surface area (Å²) in [6.07, 6.45) is 1.77. The van der Waals surface area contributed by atoms with Crippen molar-refractivity contribution in [1.29, 1.82) is 0 Å². The molecule has 164 valence electrons. The van der Waals surface area contributed by atoms with Crippen LogP contribution in [0.4, 0.5) is 8.78 Å². The van der Waals surface area contributed by atoms with E-state index in [-0.39, 0.29) is 5.82 Å². The fourth-order valence-electron chi connectivity index (χ4n) is 4.52. The van der Waals surface area contributed by atoms with Gasteiger partial charge in [0.25, 0.3) is 0 Å². The summed E-state index contributed by atoms with van der Waals surface area (Å²) in [6.45, 7) is 1.84. The van der Waals surface area contributed by atoms with E-state index in [1.54, 1.807) is 6.20 Å². The van der Waals surface area contributed by atoms with E-state index in [1.165, 1.54) is 24.3 Å². The molecule has 0 saturated heterocycles. The monoisotopic (exact) mass is 447 g/mol. The van der Waals surface area contributed by atoms with Crippen molar-refractivity contribution in [2.24, 2.45) is 0 Å². The van der Waals surface area contributed by atoms with Gasteiger partial charge in [0.1, 0.15) is 11.6 Å². The second-order valence-corrected chi connectivity index (χ2v) is 8.35. The van der Waals surface area contributed by atoms with Crippen molar-refractivity contribution >= 4 is 21.8 Å². The molecule has 34 heavy (non-hydrogen) atoms. The van der Waals surface area contributed by atoms with Crippen molar-refractivity contribution in [1.82, 2.24) is 15.0 Å². The van der Waals surface area contributed by atoms with E-state index in [1.807, 2.05) is 67.6 Å². The van der Waals surface area contributed by atoms with Gasteiger partial charge in [-0.25, -0.2) is 13.8 Å². The fourth-order valence-corrected chi connectivity index (χ4v) is 4.52. The van der Waals surface area contributed by atoms with Crippen LogP contribution in [-0.4, -0.2) is 15.0 Å². The van der Waals surface area contributed by atoms with E-state index in [2.05, 4.69) is 9.97 Å². The largest absolute Gasteiger partial charge is 0.354 e. The Morgan fingerprint density at radius 1 is 0.647 bits per heavy atom. The number of benzene rings is 3. The Kier molecular flexibility index (Phi) is 4.69.